The highest BCUT2D eigenvalue weighted by Gasteiger charge is 2.29. The van der Waals surface area contributed by atoms with Gasteiger partial charge in [-0.3, -0.25) is 19.2 Å². The van der Waals surface area contributed by atoms with Gasteiger partial charge in [0.1, 0.15) is 24.4 Å². The van der Waals surface area contributed by atoms with Crippen molar-refractivity contribution in [2.24, 2.45) is 17.8 Å². The van der Waals surface area contributed by atoms with E-state index in [0.29, 0.717) is 32.1 Å². The first kappa shape index (κ1) is 33.1. The van der Waals surface area contributed by atoms with E-state index in [9.17, 15) is 19.2 Å². The lowest BCUT2D eigenvalue weighted by Crippen LogP contribution is -2.31. The second-order valence-electron chi connectivity index (χ2n) is 12.3. The number of rotatable bonds is 15. The SMILES string of the molecule is CCCC(=O)O[C@H]1CCC[C@@H](OC(=O)CC(C)CCC(C)CC(=O)O[C@H]2CC[C@@H](OC(=O)CC(C)C)CC2)C1. The Balaban J connectivity index is 1.58. The van der Waals surface area contributed by atoms with E-state index in [2.05, 4.69) is 0 Å². The fourth-order valence-electron chi connectivity index (χ4n) is 5.41. The Hall–Kier alpha value is -2.12. The summed E-state index contributed by atoms with van der Waals surface area (Å²) in [5.41, 5.74) is 0. The summed E-state index contributed by atoms with van der Waals surface area (Å²) < 4.78 is 22.5. The zero-order valence-corrected chi connectivity index (χ0v) is 24.9. The number of esters is 4. The van der Waals surface area contributed by atoms with Gasteiger partial charge in [0, 0.05) is 32.1 Å². The van der Waals surface area contributed by atoms with Crippen LogP contribution in [0.25, 0.3) is 0 Å². The molecule has 2 unspecified atom stereocenters. The molecule has 0 bridgehead atoms. The Bertz CT molecular complexity index is 771. The van der Waals surface area contributed by atoms with E-state index in [1.54, 1.807) is 0 Å². The van der Waals surface area contributed by atoms with Crippen LogP contribution in [0, 0.1) is 17.8 Å². The van der Waals surface area contributed by atoms with Gasteiger partial charge in [-0.05, 0) is 82.0 Å². The molecule has 2 rings (SSSR count). The van der Waals surface area contributed by atoms with Crippen molar-refractivity contribution >= 4 is 23.9 Å². The lowest BCUT2D eigenvalue weighted by Gasteiger charge is -2.29. The van der Waals surface area contributed by atoms with Gasteiger partial charge in [-0.15, -0.1) is 0 Å². The van der Waals surface area contributed by atoms with Gasteiger partial charge in [0.2, 0.25) is 0 Å². The van der Waals surface area contributed by atoms with Crippen molar-refractivity contribution in [2.45, 2.75) is 155 Å². The van der Waals surface area contributed by atoms with E-state index in [1.807, 2.05) is 34.6 Å². The first-order chi connectivity index (χ1) is 18.5. The number of hydrogen-bond donors (Lipinski definition) is 0. The van der Waals surface area contributed by atoms with Crippen LogP contribution in [0.4, 0.5) is 0 Å². The minimum atomic E-state index is -0.203. The van der Waals surface area contributed by atoms with Gasteiger partial charge in [0.15, 0.2) is 0 Å². The molecule has 8 heteroatoms. The third-order valence-electron chi connectivity index (χ3n) is 7.60. The van der Waals surface area contributed by atoms with E-state index >= 15 is 0 Å². The average molecular weight is 553 g/mol. The molecule has 0 heterocycles. The number of hydrogen-bond acceptors (Lipinski definition) is 8. The summed E-state index contributed by atoms with van der Waals surface area (Å²) in [5, 5.41) is 0. The molecule has 39 heavy (non-hydrogen) atoms. The fraction of sp³-hybridized carbons (Fsp3) is 0.871. The van der Waals surface area contributed by atoms with Crippen LogP contribution in [0.2, 0.25) is 0 Å². The molecule has 8 nitrogen and oxygen atoms in total. The summed E-state index contributed by atoms with van der Waals surface area (Å²) in [6.45, 7) is 10.0. The molecule has 0 aromatic heterocycles. The number of carbonyl (C=O) groups excluding carboxylic acids is 4. The largest absolute Gasteiger partial charge is 0.462 e. The van der Waals surface area contributed by atoms with Gasteiger partial charge in [-0.2, -0.15) is 0 Å². The predicted octanol–water partition coefficient (Wildman–Crippen LogP) is 6.46. The lowest BCUT2D eigenvalue weighted by atomic mass is 9.93. The molecule has 0 N–H and O–H groups in total. The van der Waals surface area contributed by atoms with Crippen LogP contribution in [0.1, 0.15) is 131 Å². The van der Waals surface area contributed by atoms with E-state index < -0.39 is 0 Å². The molecule has 0 aliphatic heterocycles. The summed E-state index contributed by atoms with van der Waals surface area (Å²) >= 11 is 0. The third kappa shape index (κ3) is 14.2. The Morgan fingerprint density at radius 2 is 1.00 bits per heavy atom. The smallest absolute Gasteiger partial charge is 0.306 e. The van der Waals surface area contributed by atoms with Crippen LogP contribution < -0.4 is 0 Å². The van der Waals surface area contributed by atoms with Gasteiger partial charge in [0.25, 0.3) is 0 Å². The Morgan fingerprint density at radius 3 is 1.44 bits per heavy atom. The maximum atomic E-state index is 12.5. The minimum Gasteiger partial charge on any atom is -0.462 e. The molecule has 224 valence electrons. The monoisotopic (exact) mass is 552 g/mol. The molecular weight excluding hydrogens is 500 g/mol. The maximum Gasteiger partial charge on any atom is 0.306 e. The fourth-order valence-corrected chi connectivity index (χ4v) is 5.41. The van der Waals surface area contributed by atoms with E-state index in [4.69, 9.17) is 18.9 Å². The van der Waals surface area contributed by atoms with E-state index in [1.165, 1.54) is 0 Å². The quantitative estimate of drug-likeness (QED) is 0.168. The van der Waals surface area contributed by atoms with E-state index in [0.717, 1.165) is 64.2 Å². The zero-order valence-electron chi connectivity index (χ0n) is 24.9. The highest BCUT2D eigenvalue weighted by Crippen LogP contribution is 2.27. The Labute approximate surface area is 235 Å². The summed E-state index contributed by atoms with van der Waals surface area (Å²) in [7, 11) is 0. The molecule has 2 aliphatic rings. The van der Waals surface area contributed by atoms with Gasteiger partial charge in [-0.1, -0.05) is 34.6 Å². The summed E-state index contributed by atoms with van der Waals surface area (Å²) in [6, 6.07) is 0. The molecule has 4 atom stereocenters. The lowest BCUT2D eigenvalue weighted by molar-refractivity contribution is -0.159. The summed E-state index contributed by atoms with van der Waals surface area (Å²) in [5.74, 6) is -0.0879. The van der Waals surface area contributed by atoms with Crippen LogP contribution in [0.3, 0.4) is 0 Å². The molecular formula is C31H52O8. The second kappa shape index (κ2) is 17.5. The third-order valence-corrected chi connectivity index (χ3v) is 7.60. The minimum absolute atomic E-state index is 0.0684. The number of carbonyl (C=O) groups is 4. The Kier molecular flexibility index (Phi) is 14.9. The molecule has 0 saturated heterocycles. The average Bonchev–Trinajstić information content (AvgIpc) is 2.83. The molecule has 2 fully saturated rings. The van der Waals surface area contributed by atoms with Crippen molar-refractivity contribution in [3.05, 3.63) is 0 Å². The molecule has 0 spiro atoms. The molecule has 2 saturated carbocycles. The maximum absolute atomic E-state index is 12.5. The van der Waals surface area contributed by atoms with Crippen LogP contribution in [-0.4, -0.2) is 48.3 Å². The van der Waals surface area contributed by atoms with Crippen LogP contribution in [-0.2, 0) is 38.1 Å². The van der Waals surface area contributed by atoms with Gasteiger partial charge >= 0.3 is 23.9 Å². The van der Waals surface area contributed by atoms with Crippen molar-refractivity contribution in [1.82, 2.24) is 0 Å². The van der Waals surface area contributed by atoms with Crippen molar-refractivity contribution < 1.29 is 38.1 Å². The van der Waals surface area contributed by atoms with Gasteiger partial charge in [-0.25, -0.2) is 0 Å². The first-order valence-corrected chi connectivity index (χ1v) is 15.3. The van der Waals surface area contributed by atoms with Crippen molar-refractivity contribution in [2.75, 3.05) is 0 Å². The predicted molar refractivity (Wildman–Crippen MR) is 148 cm³/mol. The highest BCUT2D eigenvalue weighted by atomic mass is 16.6. The van der Waals surface area contributed by atoms with Crippen molar-refractivity contribution in [3.8, 4) is 0 Å². The van der Waals surface area contributed by atoms with Gasteiger partial charge < -0.3 is 18.9 Å². The molecule has 2 aliphatic carbocycles. The second-order valence-corrected chi connectivity index (χ2v) is 12.3. The van der Waals surface area contributed by atoms with Crippen molar-refractivity contribution in [3.63, 3.8) is 0 Å². The topological polar surface area (TPSA) is 105 Å². The molecule has 0 aromatic rings. The van der Waals surface area contributed by atoms with Crippen molar-refractivity contribution in [1.29, 1.82) is 0 Å². The normalized spacial score (nSPS) is 24.9. The van der Waals surface area contributed by atoms with Crippen LogP contribution >= 0.6 is 0 Å². The molecule has 0 amide bonds. The summed E-state index contributed by atoms with van der Waals surface area (Å²) in [4.78, 5) is 48.6. The Morgan fingerprint density at radius 1 is 0.590 bits per heavy atom. The molecule has 0 aromatic carbocycles. The van der Waals surface area contributed by atoms with E-state index in [-0.39, 0.29) is 66.0 Å². The van der Waals surface area contributed by atoms with Gasteiger partial charge in [0.05, 0.1) is 0 Å². The first-order valence-electron chi connectivity index (χ1n) is 15.3. The summed E-state index contributed by atoms with van der Waals surface area (Å²) in [6.07, 6.45) is 9.51. The van der Waals surface area contributed by atoms with Crippen LogP contribution in [0.15, 0.2) is 0 Å². The highest BCUT2D eigenvalue weighted by molar-refractivity contribution is 5.71. The standard InChI is InChI=1S/C31H52O8/c1-6-8-28(32)38-26-9-7-10-27(20-26)39-31(35)19-23(5)12-11-22(4)18-30(34)37-25-15-13-24(14-16-25)36-29(33)17-21(2)3/h21-27H,6-20H2,1-5H3/t22?,23?,24-,25+,26-,27+/m0/s1. The zero-order chi connectivity index (χ0) is 28.8. The van der Waals surface area contributed by atoms with Crippen LogP contribution in [0.5, 0.6) is 0 Å². The number of ether oxygens (including phenoxy) is 4. The molecule has 0 radical (unpaired) electrons.